The van der Waals surface area contributed by atoms with Gasteiger partial charge in [0.2, 0.25) is 0 Å². The molecule has 0 unspecified atom stereocenters. The Balaban J connectivity index is 2.30. The van der Waals surface area contributed by atoms with Gasteiger partial charge in [-0.15, -0.1) is 0 Å². The third-order valence-electron chi connectivity index (χ3n) is 2.14. The number of hydrogen-bond acceptors (Lipinski definition) is 5. The van der Waals surface area contributed by atoms with Gasteiger partial charge in [0, 0.05) is 5.39 Å². The van der Waals surface area contributed by atoms with Crippen molar-refractivity contribution in [1.29, 1.82) is 0 Å². The van der Waals surface area contributed by atoms with E-state index in [2.05, 4.69) is 15.2 Å². The van der Waals surface area contributed by atoms with E-state index in [1.807, 2.05) is 0 Å². The molecule has 3 N–H and O–H groups in total. The second-order valence-corrected chi connectivity index (χ2v) is 3.32. The Bertz CT molecular complexity index is 521. The first-order valence-electron chi connectivity index (χ1n) is 4.94. The molecule has 0 aliphatic heterocycles. The molecule has 0 radical (unpaired) electrons. The maximum atomic E-state index is 11.3. The van der Waals surface area contributed by atoms with Crippen molar-refractivity contribution in [2.45, 2.75) is 13.3 Å². The van der Waals surface area contributed by atoms with Gasteiger partial charge < -0.3 is 10.5 Å². The van der Waals surface area contributed by atoms with Gasteiger partial charge in [-0.05, 0) is 13.0 Å². The van der Waals surface area contributed by atoms with Crippen LogP contribution in [0, 0.1) is 0 Å². The summed E-state index contributed by atoms with van der Waals surface area (Å²) in [5.41, 5.74) is 7.39. The standard InChI is InChI=1S/C10H12N4O2/c1-2-16-9(15)4-8-7-3-6(11)5-12-10(7)14-13-8/h3,5H,2,4,11H2,1H3,(H,12,13,14). The van der Waals surface area contributed by atoms with Gasteiger partial charge in [0.25, 0.3) is 0 Å². The minimum Gasteiger partial charge on any atom is -0.466 e. The van der Waals surface area contributed by atoms with Crippen LogP contribution < -0.4 is 5.73 Å². The van der Waals surface area contributed by atoms with Crippen molar-refractivity contribution < 1.29 is 9.53 Å². The number of aromatic nitrogens is 3. The average molecular weight is 220 g/mol. The van der Waals surface area contributed by atoms with Crippen LogP contribution >= 0.6 is 0 Å². The molecular weight excluding hydrogens is 208 g/mol. The van der Waals surface area contributed by atoms with Crippen molar-refractivity contribution >= 4 is 22.7 Å². The highest BCUT2D eigenvalue weighted by molar-refractivity contribution is 5.84. The molecule has 0 spiro atoms. The molecule has 0 bridgehead atoms. The number of fused-ring (bicyclic) bond motifs is 1. The zero-order valence-electron chi connectivity index (χ0n) is 8.86. The van der Waals surface area contributed by atoms with E-state index >= 15 is 0 Å². The van der Waals surface area contributed by atoms with E-state index in [1.54, 1.807) is 13.0 Å². The molecule has 0 aliphatic rings. The van der Waals surface area contributed by atoms with E-state index in [0.717, 1.165) is 5.39 Å². The monoisotopic (exact) mass is 220 g/mol. The van der Waals surface area contributed by atoms with E-state index in [1.165, 1.54) is 6.20 Å². The molecule has 6 heteroatoms. The molecule has 0 saturated heterocycles. The first-order valence-corrected chi connectivity index (χ1v) is 4.94. The molecule has 0 saturated carbocycles. The average Bonchev–Trinajstić information content (AvgIpc) is 2.61. The van der Waals surface area contributed by atoms with Crippen LogP contribution in [-0.4, -0.2) is 27.8 Å². The fourth-order valence-electron chi connectivity index (χ4n) is 1.46. The summed E-state index contributed by atoms with van der Waals surface area (Å²) in [6.45, 7) is 2.13. The quantitative estimate of drug-likeness (QED) is 0.740. The van der Waals surface area contributed by atoms with E-state index in [4.69, 9.17) is 10.5 Å². The number of anilines is 1. The van der Waals surface area contributed by atoms with Crippen molar-refractivity contribution in [3.63, 3.8) is 0 Å². The number of hydrogen-bond donors (Lipinski definition) is 2. The third-order valence-corrected chi connectivity index (χ3v) is 2.14. The van der Waals surface area contributed by atoms with Crippen LogP contribution in [0.15, 0.2) is 12.3 Å². The van der Waals surface area contributed by atoms with Gasteiger partial charge in [0.1, 0.15) is 0 Å². The lowest BCUT2D eigenvalue weighted by Gasteiger charge is -2.00. The number of H-pyrrole nitrogens is 1. The van der Waals surface area contributed by atoms with Gasteiger partial charge in [-0.3, -0.25) is 9.89 Å². The van der Waals surface area contributed by atoms with Crippen molar-refractivity contribution in [1.82, 2.24) is 15.2 Å². The van der Waals surface area contributed by atoms with Gasteiger partial charge >= 0.3 is 5.97 Å². The molecular formula is C10H12N4O2. The van der Waals surface area contributed by atoms with Crippen LogP contribution in [0.4, 0.5) is 5.69 Å². The fourth-order valence-corrected chi connectivity index (χ4v) is 1.46. The topological polar surface area (TPSA) is 93.9 Å². The fraction of sp³-hybridized carbons (Fsp3) is 0.300. The Morgan fingerprint density at radius 3 is 3.19 bits per heavy atom. The van der Waals surface area contributed by atoms with E-state index in [9.17, 15) is 4.79 Å². The molecule has 0 fully saturated rings. The summed E-state index contributed by atoms with van der Waals surface area (Å²) in [5, 5.41) is 7.49. The molecule has 2 heterocycles. The summed E-state index contributed by atoms with van der Waals surface area (Å²) in [7, 11) is 0. The highest BCUT2D eigenvalue weighted by Crippen LogP contribution is 2.17. The smallest absolute Gasteiger partial charge is 0.311 e. The van der Waals surface area contributed by atoms with E-state index < -0.39 is 0 Å². The van der Waals surface area contributed by atoms with Gasteiger partial charge in [0.15, 0.2) is 5.65 Å². The Hall–Kier alpha value is -2.11. The summed E-state index contributed by atoms with van der Waals surface area (Å²) in [6, 6.07) is 1.74. The molecule has 84 valence electrons. The van der Waals surface area contributed by atoms with Gasteiger partial charge in [-0.1, -0.05) is 0 Å². The molecule has 0 aliphatic carbocycles. The predicted molar refractivity (Wildman–Crippen MR) is 58.6 cm³/mol. The maximum absolute atomic E-state index is 11.3. The van der Waals surface area contributed by atoms with Crippen LogP contribution in [0.5, 0.6) is 0 Å². The normalized spacial score (nSPS) is 10.6. The minimum atomic E-state index is -0.296. The molecule has 6 nitrogen and oxygen atoms in total. The highest BCUT2D eigenvalue weighted by atomic mass is 16.5. The van der Waals surface area contributed by atoms with Crippen LogP contribution in [0.25, 0.3) is 11.0 Å². The summed E-state index contributed by atoms with van der Waals surface area (Å²) in [6.07, 6.45) is 1.67. The van der Waals surface area contributed by atoms with Crippen LogP contribution in [0.2, 0.25) is 0 Å². The van der Waals surface area contributed by atoms with Gasteiger partial charge in [-0.25, -0.2) is 4.98 Å². The number of carbonyl (C=O) groups is 1. The second kappa shape index (κ2) is 4.18. The number of aromatic amines is 1. The third kappa shape index (κ3) is 1.95. The van der Waals surface area contributed by atoms with Gasteiger partial charge in [0.05, 0.1) is 30.6 Å². The Morgan fingerprint density at radius 2 is 2.44 bits per heavy atom. The number of carbonyl (C=O) groups excluding carboxylic acids is 1. The van der Waals surface area contributed by atoms with Crippen molar-refractivity contribution in [2.75, 3.05) is 12.3 Å². The van der Waals surface area contributed by atoms with Crippen LogP contribution in [0.1, 0.15) is 12.6 Å². The lowest BCUT2D eigenvalue weighted by molar-refractivity contribution is -0.142. The molecule has 2 rings (SSSR count). The lowest BCUT2D eigenvalue weighted by atomic mass is 10.2. The van der Waals surface area contributed by atoms with E-state index in [0.29, 0.717) is 23.6 Å². The predicted octanol–water partition coefficient (Wildman–Crippen LogP) is 0.646. The summed E-state index contributed by atoms with van der Waals surface area (Å²) in [5.74, 6) is -0.296. The first-order chi connectivity index (χ1) is 7.70. The van der Waals surface area contributed by atoms with Gasteiger partial charge in [-0.2, -0.15) is 5.10 Å². The van der Waals surface area contributed by atoms with Crippen LogP contribution in [0.3, 0.4) is 0 Å². The largest absolute Gasteiger partial charge is 0.466 e. The minimum absolute atomic E-state index is 0.148. The van der Waals surface area contributed by atoms with E-state index in [-0.39, 0.29) is 12.4 Å². The summed E-state index contributed by atoms with van der Waals surface area (Å²) < 4.78 is 4.86. The second-order valence-electron chi connectivity index (χ2n) is 3.32. The SMILES string of the molecule is CCOC(=O)Cc1[nH]nc2ncc(N)cc12. The number of esters is 1. The number of nitrogens with two attached hydrogens (primary N) is 1. The zero-order chi connectivity index (χ0) is 11.5. The lowest BCUT2D eigenvalue weighted by Crippen LogP contribution is -2.08. The molecule has 2 aromatic rings. The Morgan fingerprint density at radius 1 is 1.62 bits per heavy atom. The van der Waals surface area contributed by atoms with Crippen LogP contribution in [-0.2, 0) is 16.0 Å². The van der Waals surface area contributed by atoms with Crippen molar-refractivity contribution in [3.05, 3.63) is 18.0 Å². The molecule has 0 atom stereocenters. The first kappa shape index (κ1) is 10.4. The van der Waals surface area contributed by atoms with Crippen molar-refractivity contribution in [3.8, 4) is 0 Å². The molecule has 2 aromatic heterocycles. The molecule has 0 aromatic carbocycles. The number of rotatable bonds is 3. The Labute approximate surface area is 91.8 Å². The number of nitrogen functional groups attached to an aromatic ring is 1. The zero-order valence-corrected chi connectivity index (χ0v) is 8.86. The highest BCUT2D eigenvalue weighted by Gasteiger charge is 2.11. The molecule has 16 heavy (non-hydrogen) atoms. The maximum Gasteiger partial charge on any atom is 0.311 e. The number of nitrogens with zero attached hydrogens (tertiary/aromatic N) is 2. The molecule has 0 amide bonds. The number of nitrogens with one attached hydrogen (secondary N) is 1. The number of pyridine rings is 1. The van der Waals surface area contributed by atoms with Crippen molar-refractivity contribution in [2.24, 2.45) is 0 Å². The number of ether oxygens (including phenoxy) is 1. The summed E-state index contributed by atoms with van der Waals surface area (Å²) >= 11 is 0. The Kier molecular flexibility index (Phi) is 2.72. The summed E-state index contributed by atoms with van der Waals surface area (Å²) in [4.78, 5) is 15.4.